The first-order chi connectivity index (χ1) is 13.2. The van der Waals surface area contributed by atoms with Crippen molar-refractivity contribution < 1.29 is 35.5 Å². The average Bonchev–Trinajstić information content (AvgIpc) is 2.99. The first-order valence-electron chi connectivity index (χ1n) is 7.60. The molecule has 0 spiro atoms. The molecule has 0 saturated carbocycles. The monoisotopic (exact) mass is 479 g/mol. The van der Waals surface area contributed by atoms with Gasteiger partial charge in [0.2, 0.25) is 0 Å². The highest BCUT2D eigenvalue weighted by Gasteiger charge is 2.75. The molecule has 0 unspecified atom stereocenters. The van der Waals surface area contributed by atoms with Crippen molar-refractivity contribution in [1.29, 1.82) is 0 Å². The van der Waals surface area contributed by atoms with Gasteiger partial charge in [-0.25, -0.2) is 0 Å². The molecule has 0 saturated heterocycles. The highest BCUT2D eigenvalue weighted by molar-refractivity contribution is 6.35. The van der Waals surface area contributed by atoms with E-state index in [1.165, 1.54) is 18.2 Å². The van der Waals surface area contributed by atoms with E-state index < -0.39 is 30.2 Å². The van der Waals surface area contributed by atoms with E-state index in [0.29, 0.717) is 5.02 Å². The van der Waals surface area contributed by atoms with Gasteiger partial charge in [0, 0.05) is 11.4 Å². The van der Waals surface area contributed by atoms with Crippen LogP contribution in [-0.4, -0.2) is 23.7 Å². The van der Waals surface area contributed by atoms with Crippen LogP contribution in [0.15, 0.2) is 35.3 Å². The highest BCUT2D eigenvalue weighted by atomic mass is 35.5. The van der Waals surface area contributed by atoms with Gasteiger partial charge in [0.25, 0.3) is 0 Å². The van der Waals surface area contributed by atoms with E-state index in [-0.39, 0.29) is 32.8 Å². The molecule has 2 nitrogen and oxygen atoms in total. The lowest BCUT2D eigenvalue weighted by molar-refractivity contribution is -0.336. The number of nitrogens with zero attached hydrogens (tertiary/aromatic N) is 1. The van der Waals surface area contributed by atoms with Crippen molar-refractivity contribution in [3.63, 3.8) is 0 Å². The summed E-state index contributed by atoms with van der Waals surface area (Å²) >= 11 is 17.7. The molecule has 1 aliphatic rings. The summed E-state index contributed by atoms with van der Waals surface area (Å²) in [6.45, 7) is 0. The number of aliphatic imine (C=N–C) groups is 1. The Morgan fingerprint density at radius 2 is 1.45 bits per heavy atom. The predicted molar refractivity (Wildman–Crippen MR) is 94.7 cm³/mol. The van der Waals surface area contributed by atoms with Gasteiger partial charge in [-0.1, -0.05) is 34.8 Å². The molecular weight excluding hydrogens is 474 g/mol. The average molecular weight is 481 g/mol. The molecule has 1 aliphatic heterocycles. The van der Waals surface area contributed by atoms with Crippen LogP contribution in [-0.2, 0) is 6.42 Å². The molecule has 2 aromatic carbocycles. The number of benzene rings is 2. The van der Waals surface area contributed by atoms with Gasteiger partial charge < -0.3 is 4.74 Å². The molecule has 12 heteroatoms. The van der Waals surface area contributed by atoms with Crippen molar-refractivity contribution in [3.8, 4) is 11.5 Å². The van der Waals surface area contributed by atoms with Crippen LogP contribution in [0.25, 0.3) is 0 Å². The van der Waals surface area contributed by atoms with Crippen molar-refractivity contribution in [1.82, 2.24) is 0 Å². The number of hydrogen-bond donors (Lipinski definition) is 0. The van der Waals surface area contributed by atoms with Gasteiger partial charge >= 0.3 is 18.0 Å². The lowest BCUT2D eigenvalue weighted by Crippen LogP contribution is -2.56. The first-order valence-corrected chi connectivity index (χ1v) is 8.73. The second-order valence-electron chi connectivity index (χ2n) is 5.97. The molecule has 0 bridgehead atoms. The van der Waals surface area contributed by atoms with Crippen molar-refractivity contribution in [2.75, 3.05) is 0 Å². The van der Waals surface area contributed by atoms with E-state index >= 15 is 0 Å². The number of rotatable bonds is 4. The standard InChI is InChI=1S/C17H7Cl3F7NO/c18-8-1-2-12(9(19)5-8)29-13-3-7-4-14(28-11(7)6-10(13)20)15(21,22)16(23,24)17(25,26)27/h1-3,5-6H,4H2. The van der Waals surface area contributed by atoms with Crippen LogP contribution in [0.1, 0.15) is 5.56 Å². The van der Waals surface area contributed by atoms with E-state index in [1.54, 1.807) is 0 Å². The van der Waals surface area contributed by atoms with Crippen LogP contribution >= 0.6 is 34.8 Å². The smallest absolute Gasteiger partial charge is 0.454 e. The Labute approximate surface area is 173 Å². The van der Waals surface area contributed by atoms with Crippen molar-refractivity contribution in [2.24, 2.45) is 4.99 Å². The zero-order chi connectivity index (χ0) is 21.8. The Bertz CT molecular complexity index is 1010. The van der Waals surface area contributed by atoms with Gasteiger partial charge in [-0.15, -0.1) is 0 Å². The third-order valence-electron chi connectivity index (χ3n) is 3.97. The Morgan fingerprint density at radius 3 is 2.03 bits per heavy atom. The maximum absolute atomic E-state index is 13.9. The minimum Gasteiger partial charge on any atom is -0.454 e. The first kappa shape index (κ1) is 22.0. The SMILES string of the molecule is FC(F)(F)C(F)(F)C(F)(F)C1=Nc2cc(Cl)c(Oc3ccc(Cl)cc3Cl)cc2C1. The number of alkyl halides is 7. The molecule has 0 fully saturated rings. The Kier molecular flexibility index (Phi) is 5.47. The normalized spacial score (nSPS) is 14.6. The number of ether oxygens (including phenoxy) is 1. The molecule has 0 atom stereocenters. The number of fused-ring (bicyclic) bond motifs is 1. The largest absolute Gasteiger partial charge is 0.460 e. The van der Waals surface area contributed by atoms with Crippen LogP contribution in [0.2, 0.25) is 15.1 Å². The Morgan fingerprint density at radius 1 is 0.828 bits per heavy atom. The van der Waals surface area contributed by atoms with Crippen molar-refractivity contribution >= 4 is 46.2 Å². The summed E-state index contributed by atoms with van der Waals surface area (Å²) < 4.78 is 97.0. The van der Waals surface area contributed by atoms with Gasteiger partial charge in [-0.2, -0.15) is 30.7 Å². The number of halogens is 10. The van der Waals surface area contributed by atoms with E-state index in [2.05, 4.69) is 4.99 Å². The van der Waals surface area contributed by atoms with E-state index in [4.69, 9.17) is 39.5 Å². The van der Waals surface area contributed by atoms with Gasteiger partial charge in [0.05, 0.1) is 21.4 Å². The zero-order valence-electron chi connectivity index (χ0n) is 13.7. The Balaban J connectivity index is 1.91. The fraction of sp³-hybridized carbons (Fsp3) is 0.235. The van der Waals surface area contributed by atoms with Gasteiger partial charge in [0.1, 0.15) is 11.5 Å². The topological polar surface area (TPSA) is 21.6 Å². The summed E-state index contributed by atoms with van der Waals surface area (Å²) in [5.74, 6) is -11.8. The maximum Gasteiger partial charge on any atom is 0.460 e. The molecule has 0 radical (unpaired) electrons. The zero-order valence-corrected chi connectivity index (χ0v) is 16.0. The molecule has 0 N–H and O–H groups in total. The minimum absolute atomic E-state index is 0.0675. The van der Waals surface area contributed by atoms with Crippen LogP contribution in [0.4, 0.5) is 36.4 Å². The summed E-state index contributed by atoms with van der Waals surface area (Å²) in [6, 6.07) is 6.34. The molecule has 29 heavy (non-hydrogen) atoms. The Hall–Kier alpha value is -1.71. The van der Waals surface area contributed by atoms with Gasteiger partial charge in [-0.3, -0.25) is 4.99 Å². The second-order valence-corrected chi connectivity index (χ2v) is 7.22. The summed E-state index contributed by atoms with van der Waals surface area (Å²) in [7, 11) is 0. The molecule has 0 aromatic heterocycles. The summed E-state index contributed by atoms with van der Waals surface area (Å²) in [5.41, 5.74) is -1.97. The minimum atomic E-state index is -6.45. The van der Waals surface area contributed by atoms with Crippen LogP contribution in [0.5, 0.6) is 11.5 Å². The van der Waals surface area contributed by atoms with Crippen molar-refractivity contribution in [3.05, 3.63) is 51.0 Å². The molecule has 0 aliphatic carbocycles. The van der Waals surface area contributed by atoms with E-state index in [0.717, 1.165) is 12.1 Å². The summed E-state index contributed by atoms with van der Waals surface area (Å²) in [6.07, 6.45) is -7.40. The van der Waals surface area contributed by atoms with Crippen LogP contribution in [0.3, 0.4) is 0 Å². The highest BCUT2D eigenvalue weighted by Crippen LogP contribution is 2.50. The maximum atomic E-state index is 13.9. The van der Waals surface area contributed by atoms with Crippen LogP contribution < -0.4 is 4.74 Å². The molecule has 2 aromatic rings. The fourth-order valence-electron chi connectivity index (χ4n) is 2.49. The lowest BCUT2D eigenvalue weighted by Gasteiger charge is -2.28. The molecule has 1 heterocycles. The van der Waals surface area contributed by atoms with E-state index in [9.17, 15) is 30.7 Å². The molecule has 156 valence electrons. The van der Waals surface area contributed by atoms with Gasteiger partial charge in [-0.05, 0) is 35.9 Å². The summed E-state index contributed by atoms with van der Waals surface area (Å²) in [4.78, 5) is 3.24. The second kappa shape index (κ2) is 7.21. The lowest BCUT2D eigenvalue weighted by atomic mass is 10.0. The van der Waals surface area contributed by atoms with E-state index in [1.807, 2.05) is 0 Å². The van der Waals surface area contributed by atoms with Crippen molar-refractivity contribution in [2.45, 2.75) is 24.4 Å². The number of hydrogen-bond acceptors (Lipinski definition) is 2. The van der Waals surface area contributed by atoms with Gasteiger partial charge in [0.15, 0.2) is 0 Å². The molecule has 0 amide bonds. The van der Waals surface area contributed by atoms with Crippen LogP contribution in [0, 0.1) is 0 Å². The predicted octanol–water partition coefficient (Wildman–Crippen LogP) is 7.90. The summed E-state index contributed by atoms with van der Waals surface area (Å²) in [5, 5.41) is 0.265. The molecule has 3 rings (SSSR count). The third-order valence-corrected chi connectivity index (χ3v) is 4.80. The quantitative estimate of drug-likeness (QED) is 0.408. The molecular formula is C17H7Cl3F7NO. The fourth-order valence-corrected chi connectivity index (χ4v) is 3.13. The third kappa shape index (κ3) is 3.87.